The van der Waals surface area contributed by atoms with Gasteiger partial charge in [-0.05, 0) is 37.1 Å². The van der Waals surface area contributed by atoms with Crippen molar-refractivity contribution in [2.75, 3.05) is 25.5 Å². The standard InChI is InChI=1S/C20H21N3O3/c1-25-16-6-4-5-15(13-16)21-20(24)23-11-9-14(10-12-23)19-22-17-7-2-3-8-18(17)26-19/h2-8,13-14H,9-12H2,1H3,(H,21,24). The van der Waals surface area contributed by atoms with E-state index in [1.807, 2.05) is 53.4 Å². The summed E-state index contributed by atoms with van der Waals surface area (Å²) in [6.45, 7) is 1.36. The van der Waals surface area contributed by atoms with Crippen LogP contribution in [0.5, 0.6) is 5.75 Å². The lowest BCUT2D eigenvalue weighted by atomic mass is 9.97. The number of urea groups is 1. The number of nitrogens with zero attached hydrogens (tertiary/aromatic N) is 2. The fourth-order valence-corrected chi connectivity index (χ4v) is 3.30. The first-order chi connectivity index (χ1) is 12.7. The molecule has 0 spiro atoms. The molecule has 0 atom stereocenters. The molecule has 4 rings (SSSR count). The Morgan fingerprint density at radius 3 is 2.77 bits per heavy atom. The fourth-order valence-electron chi connectivity index (χ4n) is 3.30. The van der Waals surface area contributed by atoms with Crippen LogP contribution in [-0.4, -0.2) is 36.1 Å². The average molecular weight is 351 g/mol. The second-order valence-corrected chi connectivity index (χ2v) is 6.44. The topological polar surface area (TPSA) is 67.6 Å². The number of oxazole rings is 1. The van der Waals surface area contributed by atoms with E-state index in [0.717, 1.165) is 41.3 Å². The van der Waals surface area contributed by atoms with Crippen LogP contribution < -0.4 is 10.1 Å². The smallest absolute Gasteiger partial charge is 0.321 e. The van der Waals surface area contributed by atoms with Crippen LogP contribution in [0.25, 0.3) is 11.1 Å². The Kier molecular flexibility index (Phi) is 4.48. The molecule has 1 N–H and O–H groups in total. The van der Waals surface area contributed by atoms with Gasteiger partial charge in [-0.15, -0.1) is 0 Å². The van der Waals surface area contributed by atoms with Crippen molar-refractivity contribution in [2.45, 2.75) is 18.8 Å². The van der Waals surface area contributed by atoms with Crippen molar-refractivity contribution in [1.29, 1.82) is 0 Å². The van der Waals surface area contributed by atoms with Gasteiger partial charge in [-0.2, -0.15) is 0 Å². The molecule has 0 aliphatic carbocycles. The first-order valence-corrected chi connectivity index (χ1v) is 8.78. The highest BCUT2D eigenvalue weighted by molar-refractivity contribution is 5.89. The normalized spacial score (nSPS) is 15.2. The number of nitrogens with one attached hydrogen (secondary N) is 1. The van der Waals surface area contributed by atoms with Crippen LogP contribution in [0.15, 0.2) is 52.9 Å². The molecule has 0 radical (unpaired) electrons. The van der Waals surface area contributed by atoms with Crippen LogP contribution in [0.4, 0.5) is 10.5 Å². The van der Waals surface area contributed by atoms with Crippen molar-refractivity contribution in [1.82, 2.24) is 9.88 Å². The Bertz CT molecular complexity index is 880. The maximum absolute atomic E-state index is 12.5. The predicted molar refractivity (Wildman–Crippen MR) is 99.6 cm³/mol. The number of anilines is 1. The summed E-state index contributed by atoms with van der Waals surface area (Å²) in [5.74, 6) is 1.75. The molecular formula is C20H21N3O3. The van der Waals surface area contributed by atoms with Crippen LogP contribution in [0.1, 0.15) is 24.7 Å². The molecule has 6 heteroatoms. The van der Waals surface area contributed by atoms with Crippen LogP contribution in [0.2, 0.25) is 0 Å². The Hall–Kier alpha value is -3.02. The van der Waals surface area contributed by atoms with Gasteiger partial charge in [0.05, 0.1) is 7.11 Å². The molecule has 1 aliphatic heterocycles. The number of ether oxygens (including phenoxy) is 1. The molecule has 1 aliphatic rings. The number of benzene rings is 2. The summed E-state index contributed by atoms with van der Waals surface area (Å²) in [4.78, 5) is 18.9. The van der Waals surface area contributed by atoms with E-state index in [-0.39, 0.29) is 11.9 Å². The molecule has 2 aromatic carbocycles. The first kappa shape index (κ1) is 16.4. The maximum Gasteiger partial charge on any atom is 0.321 e. The summed E-state index contributed by atoms with van der Waals surface area (Å²) in [6.07, 6.45) is 1.69. The summed E-state index contributed by atoms with van der Waals surface area (Å²) in [6, 6.07) is 15.1. The third kappa shape index (κ3) is 3.35. The van der Waals surface area contributed by atoms with Crippen LogP contribution >= 0.6 is 0 Å². The first-order valence-electron chi connectivity index (χ1n) is 8.78. The molecule has 3 aromatic rings. The molecular weight excluding hydrogens is 330 g/mol. The Morgan fingerprint density at radius 2 is 2.00 bits per heavy atom. The van der Waals surface area contributed by atoms with E-state index in [2.05, 4.69) is 10.3 Å². The summed E-state index contributed by atoms with van der Waals surface area (Å²) in [7, 11) is 1.61. The molecule has 0 saturated carbocycles. The maximum atomic E-state index is 12.5. The number of para-hydroxylation sites is 2. The van der Waals surface area contributed by atoms with E-state index in [0.29, 0.717) is 13.1 Å². The van der Waals surface area contributed by atoms with Crippen molar-refractivity contribution >= 4 is 22.8 Å². The SMILES string of the molecule is COc1cccc(NC(=O)N2CCC(c3nc4ccccc4o3)CC2)c1. The van der Waals surface area contributed by atoms with Crippen LogP contribution in [0, 0.1) is 0 Å². The van der Waals surface area contributed by atoms with Gasteiger partial charge in [-0.25, -0.2) is 9.78 Å². The lowest BCUT2D eigenvalue weighted by molar-refractivity contribution is 0.190. The van der Waals surface area contributed by atoms with Gasteiger partial charge in [0.15, 0.2) is 11.5 Å². The number of likely N-dealkylation sites (tertiary alicyclic amines) is 1. The van der Waals surface area contributed by atoms with Gasteiger partial charge in [-0.3, -0.25) is 0 Å². The number of hydrogen-bond donors (Lipinski definition) is 1. The van der Waals surface area contributed by atoms with Crippen molar-refractivity contribution in [3.63, 3.8) is 0 Å². The molecule has 1 aromatic heterocycles. The molecule has 134 valence electrons. The molecule has 1 fully saturated rings. The van der Waals surface area contributed by atoms with Crippen molar-refractivity contribution < 1.29 is 13.9 Å². The highest BCUT2D eigenvalue weighted by Gasteiger charge is 2.27. The van der Waals surface area contributed by atoms with E-state index >= 15 is 0 Å². The number of rotatable bonds is 3. The Balaban J connectivity index is 1.37. The monoisotopic (exact) mass is 351 g/mol. The molecule has 26 heavy (non-hydrogen) atoms. The molecule has 1 saturated heterocycles. The number of aromatic nitrogens is 1. The Morgan fingerprint density at radius 1 is 1.19 bits per heavy atom. The van der Waals surface area contributed by atoms with E-state index in [9.17, 15) is 4.79 Å². The lowest BCUT2D eigenvalue weighted by Gasteiger charge is -2.30. The number of piperidine rings is 1. The highest BCUT2D eigenvalue weighted by Crippen LogP contribution is 2.30. The molecule has 0 unspecified atom stereocenters. The zero-order chi connectivity index (χ0) is 17.9. The van der Waals surface area contributed by atoms with Crippen LogP contribution in [0.3, 0.4) is 0 Å². The minimum absolute atomic E-state index is 0.0886. The zero-order valence-corrected chi connectivity index (χ0v) is 14.6. The predicted octanol–water partition coefficient (Wildman–Crippen LogP) is 4.25. The van der Waals surface area contributed by atoms with E-state index in [1.54, 1.807) is 7.11 Å². The van der Waals surface area contributed by atoms with Gasteiger partial charge < -0.3 is 19.4 Å². The number of carbonyl (C=O) groups is 1. The molecule has 0 bridgehead atoms. The molecule has 2 amide bonds. The van der Waals surface area contributed by atoms with Gasteiger partial charge in [0.25, 0.3) is 0 Å². The number of amides is 2. The number of fused-ring (bicyclic) bond motifs is 1. The van der Waals surface area contributed by atoms with Crippen LogP contribution in [-0.2, 0) is 0 Å². The van der Waals surface area contributed by atoms with Gasteiger partial charge >= 0.3 is 6.03 Å². The highest BCUT2D eigenvalue weighted by atomic mass is 16.5. The quantitative estimate of drug-likeness (QED) is 0.766. The van der Waals surface area contributed by atoms with Gasteiger partial charge in [-0.1, -0.05) is 18.2 Å². The van der Waals surface area contributed by atoms with Gasteiger partial charge in [0, 0.05) is 30.8 Å². The minimum atomic E-state index is -0.0886. The van der Waals surface area contributed by atoms with Gasteiger partial charge in [0.1, 0.15) is 11.3 Å². The number of carbonyl (C=O) groups excluding carboxylic acids is 1. The van der Waals surface area contributed by atoms with E-state index in [1.165, 1.54) is 0 Å². The Labute approximate surface area is 151 Å². The minimum Gasteiger partial charge on any atom is -0.497 e. The van der Waals surface area contributed by atoms with E-state index < -0.39 is 0 Å². The lowest BCUT2D eigenvalue weighted by Crippen LogP contribution is -2.40. The zero-order valence-electron chi connectivity index (χ0n) is 14.6. The summed E-state index contributed by atoms with van der Waals surface area (Å²) in [5, 5.41) is 2.93. The third-order valence-electron chi connectivity index (χ3n) is 4.76. The summed E-state index contributed by atoms with van der Waals surface area (Å²) < 4.78 is 11.1. The summed E-state index contributed by atoms with van der Waals surface area (Å²) >= 11 is 0. The molecule has 2 heterocycles. The molecule has 6 nitrogen and oxygen atoms in total. The second-order valence-electron chi connectivity index (χ2n) is 6.44. The fraction of sp³-hybridized carbons (Fsp3) is 0.300. The second kappa shape index (κ2) is 7.07. The van der Waals surface area contributed by atoms with Crippen molar-refractivity contribution in [2.24, 2.45) is 0 Å². The van der Waals surface area contributed by atoms with Crippen molar-refractivity contribution in [3.05, 3.63) is 54.4 Å². The average Bonchev–Trinajstić information content (AvgIpc) is 3.12. The largest absolute Gasteiger partial charge is 0.497 e. The summed E-state index contributed by atoms with van der Waals surface area (Å²) in [5.41, 5.74) is 2.44. The van der Waals surface area contributed by atoms with Gasteiger partial charge in [0.2, 0.25) is 0 Å². The number of methoxy groups -OCH3 is 1. The third-order valence-corrected chi connectivity index (χ3v) is 4.76. The van der Waals surface area contributed by atoms with E-state index in [4.69, 9.17) is 9.15 Å². The van der Waals surface area contributed by atoms with Crippen molar-refractivity contribution in [3.8, 4) is 5.75 Å². The number of hydrogen-bond acceptors (Lipinski definition) is 4.